The van der Waals surface area contributed by atoms with Gasteiger partial charge in [-0.05, 0) is 18.1 Å². The molecule has 1 unspecified atom stereocenters. The molecule has 1 aromatic heterocycles. The zero-order valence-electron chi connectivity index (χ0n) is 9.76. The van der Waals surface area contributed by atoms with E-state index in [1.54, 1.807) is 24.3 Å². The van der Waals surface area contributed by atoms with Crippen molar-refractivity contribution in [2.75, 3.05) is 13.7 Å². The Balaban J connectivity index is 2.58. The lowest BCUT2D eigenvalue weighted by Crippen LogP contribution is -2.33. The van der Waals surface area contributed by atoms with Crippen molar-refractivity contribution in [1.29, 1.82) is 0 Å². The molecule has 1 N–H and O–H groups in total. The Kier molecular flexibility index (Phi) is 4.92. The number of hydrogen-bond donors (Lipinski definition) is 1. The van der Waals surface area contributed by atoms with Gasteiger partial charge in [0.1, 0.15) is 0 Å². The van der Waals surface area contributed by atoms with Gasteiger partial charge in [0.15, 0.2) is 0 Å². The number of carbonyl (C=O) groups is 1. The van der Waals surface area contributed by atoms with E-state index in [4.69, 9.17) is 5.11 Å². The molecule has 1 heterocycles. The second-order valence-electron chi connectivity index (χ2n) is 3.84. The summed E-state index contributed by atoms with van der Waals surface area (Å²) >= 11 is 0. The first-order valence-corrected chi connectivity index (χ1v) is 5.43. The van der Waals surface area contributed by atoms with E-state index in [1.165, 1.54) is 0 Å². The minimum atomic E-state index is -0.290. The second kappa shape index (κ2) is 6.23. The molecule has 16 heavy (non-hydrogen) atoms. The summed E-state index contributed by atoms with van der Waals surface area (Å²) in [4.78, 5) is 17.5. The van der Waals surface area contributed by atoms with Crippen molar-refractivity contribution in [3.05, 3.63) is 30.1 Å². The van der Waals surface area contributed by atoms with Gasteiger partial charge in [-0.2, -0.15) is 0 Å². The normalized spacial score (nSPS) is 12.2. The van der Waals surface area contributed by atoms with Crippen LogP contribution in [0.2, 0.25) is 0 Å². The number of aliphatic hydroxyl groups excluding tert-OH is 1. The molecule has 1 amide bonds. The van der Waals surface area contributed by atoms with Crippen LogP contribution in [0, 0.1) is 5.92 Å². The van der Waals surface area contributed by atoms with Gasteiger partial charge in [0, 0.05) is 26.0 Å². The lowest BCUT2D eigenvalue weighted by atomic mass is 10.1. The maximum absolute atomic E-state index is 11.9. The molecule has 0 aliphatic carbocycles. The molecule has 0 aromatic carbocycles. The topological polar surface area (TPSA) is 53.4 Å². The molecule has 88 valence electrons. The van der Waals surface area contributed by atoms with Crippen LogP contribution < -0.4 is 0 Å². The summed E-state index contributed by atoms with van der Waals surface area (Å²) in [6.45, 7) is 2.34. The molecule has 4 nitrogen and oxygen atoms in total. The molecule has 0 radical (unpaired) electrons. The Morgan fingerprint density at radius 1 is 1.62 bits per heavy atom. The van der Waals surface area contributed by atoms with Crippen LogP contribution in [-0.2, 0) is 11.3 Å². The summed E-state index contributed by atoms with van der Waals surface area (Å²) in [5, 5.41) is 9.05. The smallest absolute Gasteiger partial charge is 0.228 e. The number of hydrogen-bond acceptors (Lipinski definition) is 3. The zero-order chi connectivity index (χ0) is 12.0. The molecular weight excluding hydrogens is 204 g/mol. The number of amides is 1. The lowest BCUT2D eigenvalue weighted by molar-refractivity contribution is -0.136. The van der Waals surface area contributed by atoms with Crippen molar-refractivity contribution in [3.8, 4) is 0 Å². The van der Waals surface area contributed by atoms with Gasteiger partial charge in [-0.25, -0.2) is 0 Å². The fraction of sp³-hybridized carbons (Fsp3) is 0.500. The number of aromatic nitrogens is 1. The number of aliphatic hydroxyl groups is 1. The van der Waals surface area contributed by atoms with Crippen LogP contribution in [-0.4, -0.2) is 34.6 Å². The molecule has 0 spiro atoms. The third-order valence-electron chi connectivity index (χ3n) is 2.58. The predicted molar refractivity (Wildman–Crippen MR) is 61.6 cm³/mol. The summed E-state index contributed by atoms with van der Waals surface area (Å²) < 4.78 is 0. The molecule has 0 aliphatic heterocycles. The molecule has 0 bridgehead atoms. The van der Waals surface area contributed by atoms with Crippen LogP contribution in [0.25, 0.3) is 0 Å². The third-order valence-corrected chi connectivity index (χ3v) is 2.58. The van der Waals surface area contributed by atoms with Gasteiger partial charge in [0.25, 0.3) is 0 Å². The molecular formula is C12H18N2O2. The quantitative estimate of drug-likeness (QED) is 0.810. The molecule has 0 fully saturated rings. The fourth-order valence-corrected chi connectivity index (χ4v) is 1.54. The Bertz CT molecular complexity index is 323. The highest BCUT2D eigenvalue weighted by Crippen LogP contribution is 2.08. The van der Waals surface area contributed by atoms with E-state index in [-0.39, 0.29) is 18.4 Å². The van der Waals surface area contributed by atoms with E-state index in [1.807, 2.05) is 19.1 Å². The molecule has 4 heteroatoms. The van der Waals surface area contributed by atoms with Crippen molar-refractivity contribution in [3.63, 3.8) is 0 Å². The van der Waals surface area contributed by atoms with E-state index < -0.39 is 0 Å². The Labute approximate surface area is 95.9 Å². The van der Waals surface area contributed by atoms with E-state index in [0.717, 1.165) is 5.56 Å². The average molecular weight is 222 g/mol. The van der Waals surface area contributed by atoms with Crippen LogP contribution in [0.3, 0.4) is 0 Å². The SMILES string of the molecule is CCC(CO)C(=O)N(C)Cc1cccnc1. The van der Waals surface area contributed by atoms with E-state index in [2.05, 4.69) is 4.98 Å². The predicted octanol–water partition coefficient (Wildman–Crippen LogP) is 1.06. The number of rotatable bonds is 5. The Morgan fingerprint density at radius 2 is 2.38 bits per heavy atom. The largest absolute Gasteiger partial charge is 0.396 e. The molecule has 1 atom stereocenters. The first-order valence-electron chi connectivity index (χ1n) is 5.43. The van der Waals surface area contributed by atoms with Gasteiger partial charge in [-0.3, -0.25) is 9.78 Å². The van der Waals surface area contributed by atoms with Crippen molar-refractivity contribution in [1.82, 2.24) is 9.88 Å². The number of carbonyl (C=O) groups excluding carboxylic acids is 1. The summed E-state index contributed by atoms with van der Waals surface area (Å²) in [6.07, 6.45) is 4.10. The highest BCUT2D eigenvalue weighted by atomic mass is 16.3. The number of nitrogens with zero attached hydrogens (tertiary/aromatic N) is 2. The van der Waals surface area contributed by atoms with Crippen molar-refractivity contribution in [2.45, 2.75) is 19.9 Å². The lowest BCUT2D eigenvalue weighted by Gasteiger charge is -2.21. The first kappa shape index (κ1) is 12.6. The van der Waals surface area contributed by atoms with Crippen molar-refractivity contribution >= 4 is 5.91 Å². The fourth-order valence-electron chi connectivity index (χ4n) is 1.54. The minimum absolute atomic E-state index is 0.0196. The molecule has 1 aromatic rings. The molecule has 0 aliphatic rings. The standard InChI is InChI=1S/C12H18N2O2/c1-3-11(9-15)12(16)14(2)8-10-5-4-6-13-7-10/h4-7,11,15H,3,8-9H2,1-2H3. The zero-order valence-corrected chi connectivity index (χ0v) is 9.76. The van der Waals surface area contributed by atoms with E-state index in [9.17, 15) is 4.79 Å². The highest BCUT2D eigenvalue weighted by Gasteiger charge is 2.19. The Hall–Kier alpha value is -1.42. The maximum atomic E-state index is 11.9. The molecule has 0 saturated heterocycles. The van der Waals surface area contributed by atoms with Gasteiger partial charge in [-0.15, -0.1) is 0 Å². The summed E-state index contributed by atoms with van der Waals surface area (Å²) in [5.41, 5.74) is 0.992. The van der Waals surface area contributed by atoms with Gasteiger partial charge in [0.05, 0.1) is 12.5 Å². The highest BCUT2D eigenvalue weighted by molar-refractivity contribution is 5.78. The number of pyridine rings is 1. The first-order chi connectivity index (χ1) is 7.69. The van der Waals surface area contributed by atoms with Crippen LogP contribution in [0.5, 0.6) is 0 Å². The monoisotopic (exact) mass is 222 g/mol. The molecule has 0 saturated carbocycles. The third kappa shape index (κ3) is 3.31. The van der Waals surface area contributed by atoms with Crippen molar-refractivity contribution in [2.24, 2.45) is 5.92 Å². The van der Waals surface area contributed by atoms with Crippen LogP contribution in [0.4, 0.5) is 0 Å². The van der Waals surface area contributed by atoms with Gasteiger partial charge < -0.3 is 10.0 Å². The molecule has 1 rings (SSSR count). The average Bonchev–Trinajstić information content (AvgIpc) is 2.31. The van der Waals surface area contributed by atoms with E-state index in [0.29, 0.717) is 13.0 Å². The Morgan fingerprint density at radius 3 is 2.88 bits per heavy atom. The summed E-state index contributed by atoms with van der Waals surface area (Å²) in [6, 6.07) is 3.77. The van der Waals surface area contributed by atoms with Crippen LogP contribution in [0.1, 0.15) is 18.9 Å². The van der Waals surface area contributed by atoms with E-state index >= 15 is 0 Å². The van der Waals surface area contributed by atoms with Gasteiger partial charge in [-0.1, -0.05) is 13.0 Å². The van der Waals surface area contributed by atoms with Crippen molar-refractivity contribution < 1.29 is 9.90 Å². The summed E-state index contributed by atoms with van der Waals surface area (Å²) in [5.74, 6) is -0.310. The second-order valence-corrected chi connectivity index (χ2v) is 3.84. The minimum Gasteiger partial charge on any atom is -0.396 e. The van der Waals surface area contributed by atoms with Crippen LogP contribution in [0.15, 0.2) is 24.5 Å². The summed E-state index contributed by atoms with van der Waals surface area (Å²) in [7, 11) is 1.74. The van der Waals surface area contributed by atoms with Crippen LogP contribution >= 0.6 is 0 Å². The van der Waals surface area contributed by atoms with Gasteiger partial charge >= 0.3 is 0 Å². The maximum Gasteiger partial charge on any atom is 0.228 e. The van der Waals surface area contributed by atoms with Gasteiger partial charge in [0.2, 0.25) is 5.91 Å².